The Labute approximate surface area is 358 Å². The summed E-state index contributed by atoms with van der Waals surface area (Å²) in [5.41, 5.74) is 4.49. The molecule has 1 saturated carbocycles. The highest BCUT2D eigenvalue weighted by Crippen LogP contribution is 2.51. The number of carbonyl (C=O) groups is 4. The number of piperidine rings is 2. The van der Waals surface area contributed by atoms with E-state index in [4.69, 9.17) is 11.6 Å². The maximum atomic E-state index is 15.1. The van der Waals surface area contributed by atoms with Crippen LogP contribution >= 0.6 is 11.6 Å². The van der Waals surface area contributed by atoms with Crippen LogP contribution in [0, 0.1) is 11.2 Å². The molecule has 1 spiro atoms. The van der Waals surface area contributed by atoms with Gasteiger partial charge >= 0.3 is 0 Å². The monoisotopic (exact) mass is 848 g/mol. The zero-order chi connectivity index (χ0) is 42.4. The van der Waals surface area contributed by atoms with Crippen molar-refractivity contribution in [2.45, 2.75) is 75.8 Å². The Hall–Kier alpha value is -5.18. The minimum absolute atomic E-state index is 0.114. The van der Waals surface area contributed by atoms with Gasteiger partial charge in [0, 0.05) is 57.4 Å². The van der Waals surface area contributed by atoms with Gasteiger partial charge in [0.1, 0.15) is 17.7 Å². The molecular weight excluding hydrogens is 799 g/mol. The van der Waals surface area contributed by atoms with Gasteiger partial charge < -0.3 is 20.0 Å². The molecule has 4 aromatic rings. The Balaban J connectivity index is 0.676. The summed E-state index contributed by atoms with van der Waals surface area (Å²) in [5.74, 6) is -1.03. The summed E-state index contributed by atoms with van der Waals surface area (Å²) in [5, 5.41) is 5.60. The molecule has 0 unspecified atom stereocenters. The van der Waals surface area contributed by atoms with Crippen LogP contribution in [0.5, 0.6) is 0 Å². The molecule has 318 valence electrons. The van der Waals surface area contributed by atoms with Crippen LogP contribution < -0.4 is 21.1 Å². The van der Waals surface area contributed by atoms with E-state index in [1.54, 1.807) is 12.1 Å². The number of carbonyl (C=O) groups excluding carboxylic acids is 4. The lowest BCUT2D eigenvalue weighted by atomic mass is 9.60. The minimum atomic E-state index is -0.883. The zero-order valence-electron chi connectivity index (χ0n) is 34.5. The Bertz CT molecular complexity index is 2550. The SMILES string of the molecule is CC1(C)c2ccc(C3CCN(C4CC5(C4)CN(CC(=O)N4CCN(c6ccc(C(=O)N[C@H]7CCC(=O)NC7=O)c(F)c6)CC4)C5)CC3)cc2-n2c1nc(=O)c1c(Cl)cccc12. The Morgan fingerprint density at radius 3 is 2.41 bits per heavy atom. The van der Waals surface area contributed by atoms with Crippen molar-refractivity contribution in [3.05, 3.63) is 98.3 Å². The molecule has 61 heavy (non-hydrogen) atoms. The molecule has 4 amide bonds. The number of nitrogens with zero attached hydrogens (tertiary/aromatic N) is 6. The van der Waals surface area contributed by atoms with Crippen LogP contribution in [-0.2, 0) is 19.8 Å². The molecule has 15 heteroatoms. The molecule has 6 aliphatic rings. The van der Waals surface area contributed by atoms with Gasteiger partial charge in [-0.25, -0.2) is 4.39 Å². The minimum Gasteiger partial charge on any atom is -0.368 e. The molecule has 1 aliphatic carbocycles. The number of hydrogen-bond acceptors (Lipinski definition) is 9. The number of piperazine rings is 1. The lowest BCUT2D eigenvalue weighted by Gasteiger charge is -2.61. The molecule has 0 bridgehead atoms. The number of nitrogens with one attached hydrogen (secondary N) is 2. The lowest BCUT2D eigenvalue weighted by Crippen LogP contribution is -2.68. The van der Waals surface area contributed by atoms with Gasteiger partial charge in [-0.15, -0.1) is 0 Å². The van der Waals surface area contributed by atoms with Crippen LogP contribution in [0.2, 0.25) is 5.02 Å². The van der Waals surface area contributed by atoms with Crippen molar-refractivity contribution in [3.63, 3.8) is 0 Å². The second-order valence-corrected chi connectivity index (χ2v) is 19.0. The van der Waals surface area contributed by atoms with Crippen LogP contribution in [0.4, 0.5) is 10.1 Å². The fourth-order valence-corrected chi connectivity index (χ4v) is 11.3. The van der Waals surface area contributed by atoms with E-state index >= 15 is 4.39 Å². The molecule has 1 aromatic heterocycles. The smallest absolute Gasteiger partial charge is 0.282 e. The number of likely N-dealkylation sites (tertiary alicyclic amines) is 2. The van der Waals surface area contributed by atoms with Crippen molar-refractivity contribution in [2.75, 3.05) is 63.8 Å². The summed E-state index contributed by atoms with van der Waals surface area (Å²) in [6.07, 6.45) is 4.86. The Morgan fingerprint density at radius 1 is 0.934 bits per heavy atom. The van der Waals surface area contributed by atoms with E-state index in [0.29, 0.717) is 66.2 Å². The highest BCUT2D eigenvalue weighted by atomic mass is 35.5. The summed E-state index contributed by atoms with van der Waals surface area (Å²) in [6, 6.07) is 16.6. The van der Waals surface area contributed by atoms with Gasteiger partial charge in [0.05, 0.1) is 39.1 Å². The number of amides is 4. The van der Waals surface area contributed by atoms with E-state index in [1.807, 2.05) is 21.9 Å². The van der Waals surface area contributed by atoms with Crippen LogP contribution in [0.1, 0.15) is 85.6 Å². The van der Waals surface area contributed by atoms with Crippen molar-refractivity contribution >= 4 is 51.8 Å². The van der Waals surface area contributed by atoms with Gasteiger partial charge in [-0.05, 0) is 118 Å². The predicted molar refractivity (Wildman–Crippen MR) is 229 cm³/mol. The summed E-state index contributed by atoms with van der Waals surface area (Å²) in [4.78, 5) is 75.9. The molecule has 13 nitrogen and oxygen atoms in total. The number of anilines is 1. The van der Waals surface area contributed by atoms with E-state index in [2.05, 4.69) is 62.0 Å². The van der Waals surface area contributed by atoms with Gasteiger partial charge in [0.25, 0.3) is 11.5 Å². The van der Waals surface area contributed by atoms with E-state index in [-0.39, 0.29) is 35.8 Å². The molecular formula is C46H50ClFN8O5. The van der Waals surface area contributed by atoms with Crippen LogP contribution in [0.3, 0.4) is 0 Å². The molecule has 0 radical (unpaired) electrons. The first-order valence-electron chi connectivity index (χ1n) is 21.6. The molecule has 5 fully saturated rings. The van der Waals surface area contributed by atoms with E-state index in [0.717, 1.165) is 56.0 Å². The molecule has 5 aliphatic heterocycles. The number of hydrogen-bond donors (Lipinski definition) is 2. The second kappa shape index (κ2) is 15.0. The van der Waals surface area contributed by atoms with E-state index in [1.165, 1.54) is 36.1 Å². The Morgan fingerprint density at radius 2 is 1.69 bits per heavy atom. The zero-order valence-corrected chi connectivity index (χ0v) is 35.3. The maximum Gasteiger partial charge on any atom is 0.282 e. The van der Waals surface area contributed by atoms with Gasteiger partial charge in [0.2, 0.25) is 17.7 Å². The first-order valence-corrected chi connectivity index (χ1v) is 21.9. The summed E-state index contributed by atoms with van der Waals surface area (Å²) in [6.45, 7) is 10.9. The third kappa shape index (κ3) is 7.00. The topological polar surface area (TPSA) is 140 Å². The lowest BCUT2D eigenvalue weighted by molar-refractivity contribution is -0.144. The maximum absolute atomic E-state index is 15.1. The van der Waals surface area contributed by atoms with Crippen LogP contribution in [0.25, 0.3) is 16.6 Å². The number of imide groups is 1. The van der Waals surface area contributed by atoms with Crippen molar-refractivity contribution < 1.29 is 23.6 Å². The number of aromatic nitrogens is 2. The van der Waals surface area contributed by atoms with Crippen LogP contribution in [0.15, 0.2) is 59.4 Å². The fraction of sp³-hybridized carbons (Fsp3) is 0.478. The molecule has 3 aromatic carbocycles. The highest BCUT2D eigenvalue weighted by molar-refractivity contribution is 6.35. The summed E-state index contributed by atoms with van der Waals surface area (Å²) >= 11 is 6.51. The van der Waals surface area contributed by atoms with Gasteiger partial charge in [-0.1, -0.05) is 29.8 Å². The first kappa shape index (κ1) is 39.9. The average molecular weight is 849 g/mol. The molecule has 4 saturated heterocycles. The first-order chi connectivity index (χ1) is 29.3. The molecule has 10 rings (SSSR count). The molecule has 1 atom stereocenters. The van der Waals surface area contributed by atoms with Crippen molar-refractivity contribution in [1.29, 1.82) is 0 Å². The summed E-state index contributed by atoms with van der Waals surface area (Å²) < 4.78 is 17.2. The quantitative estimate of drug-likeness (QED) is 0.260. The van der Waals surface area contributed by atoms with Crippen molar-refractivity contribution in [3.8, 4) is 5.69 Å². The van der Waals surface area contributed by atoms with Crippen molar-refractivity contribution in [2.24, 2.45) is 5.41 Å². The van der Waals surface area contributed by atoms with Gasteiger partial charge in [0.15, 0.2) is 0 Å². The number of benzene rings is 3. The Kier molecular flexibility index (Phi) is 9.83. The normalized spacial score (nSPS) is 22.7. The van der Waals surface area contributed by atoms with E-state index < -0.39 is 29.1 Å². The third-order valence-corrected chi connectivity index (χ3v) is 14.7. The highest BCUT2D eigenvalue weighted by Gasteiger charge is 2.54. The second-order valence-electron chi connectivity index (χ2n) is 18.6. The molecule has 6 heterocycles. The van der Waals surface area contributed by atoms with Crippen molar-refractivity contribution in [1.82, 2.24) is 34.9 Å². The average Bonchev–Trinajstić information content (AvgIpc) is 3.44. The summed E-state index contributed by atoms with van der Waals surface area (Å²) in [7, 11) is 0. The fourth-order valence-electron chi connectivity index (χ4n) is 11.1. The third-order valence-electron chi connectivity index (χ3n) is 14.4. The van der Waals surface area contributed by atoms with Gasteiger partial charge in [-0.2, -0.15) is 4.98 Å². The van der Waals surface area contributed by atoms with Gasteiger partial charge in [-0.3, -0.25) is 38.8 Å². The number of halogens is 2. The number of rotatable bonds is 7. The van der Waals surface area contributed by atoms with Crippen LogP contribution in [-0.4, -0.2) is 119 Å². The number of fused-ring (bicyclic) bond motifs is 5. The standard InChI is InChI=1S/C46H50ClFN8O5/c1-45(2)32-9-6-28(20-37(32)56-36-5-3-4-33(47)40(36)43(61)51-44(45)56)27-12-14-53(15-13-27)30-22-46(23-30)25-52(26-46)24-39(58)55-18-16-54(17-19-55)29-7-8-31(34(48)21-29)41(59)49-35-10-11-38(57)50-42(35)60/h3-9,20-21,27,30,35H,10-19,22-26H2,1-2H3,(H,49,59)(H,50,57,60)/t35-/m0/s1. The van der Waals surface area contributed by atoms with E-state index in [9.17, 15) is 24.0 Å². The molecule has 2 N–H and O–H groups in total. The predicted octanol–water partition coefficient (Wildman–Crippen LogP) is 4.35. The largest absolute Gasteiger partial charge is 0.368 e.